The molecule has 3 heteroatoms. The smallest absolute Gasteiger partial charge is 0.191 e. The summed E-state index contributed by atoms with van der Waals surface area (Å²) >= 11 is 3.57. The van der Waals surface area contributed by atoms with Crippen LogP contribution >= 0.6 is 15.9 Å². The molecule has 0 saturated heterocycles. The lowest BCUT2D eigenvalue weighted by Gasteiger charge is -2.27. The minimum absolute atomic E-state index is 0. The Morgan fingerprint density at radius 3 is 2.46 bits per heavy atom. The first-order valence-corrected chi connectivity index (χ1v) is 9.88. The number of carbonyl (C=O) groups excluding carboxylic acids is 1. The molecule has 0 heterocycles. The lowest BCUT2D eigenvalue weighted by atomic mass is 9.93. The van der Waals surface area contributed by atoms with Gasteiger partial charge < -0.3 is 5.32 Å². The summed E-state index contributed by atoms with van der Waals surface area (Å²) in [6.45, 7) is 0. The minimum Gasteiger partial charge on any atom is -0.303 e. The number of fused-ring (bicyclic) bond motifs is 1. The fraction of sp³-hybridized carbons (Fsp3) is 0.348. The highest BCUT2D eigenvalue weighted by molar-refractivity contribution is 9.10. The predicted octanol–water partition coefficient (Wildman–Crippen LogP) is 6.33. The van der Waals surface area contributed by atoms with Gasteiger partial charge in [-0.1, -0.05) is 73.0 Å². The largest absolute Gasteiger partial charge is 0.303 e. The zero-order valence-corrected chi connectivity index (χ0v) is 15.8. The van der Waals surface area contributed by atoms with Crippen LogP contribution in [-0.4, -0.2) is 11.8 Å². The molecule has 2 aliphatic rings. The Morgan fingerprint density at radius 1 is 1.00 bits per heavy atom. The lowest BCUT2D eigenvalue weighted by molar-refractivity contribution is 0.103. The normalized spacial score (nSPS) is 21.5. The van der Waals surface area contributed by atoms with Crippen LogP contribution in [-0.2, 0) is 0 Å². The van der Waals surface area contributed by atoms with E-state index in [0.29, 0.717) is 6.04 Å². The SMILES string of the molecule is C.O=C1/C(=C/c2ccccc2)C(NC2CCCCC2)c2cc(Br)ccc21. The van der Waals surface area contributed by atoms with E-state index >= 15 is 0 Å². The second-order valence-electron chi connectivity index (χ2n) is 7.01. The van der Waals surface area contributed by atoms with Crippen LogP contribution in [0.4, 0.5) is 0 Å². The van der Waals surface area contributed by atoms with E-state index in [4.69, 9.17) is 0 Å². The van der Waals surface area contributed by atoms with Crippen molar-refractivity contribution >= 4 is 27.8 Å². The number of hydrogen-bond acceptors (Lipinski definition) is 2. The van der Waals surface area contributed by atoms with Crippen molar-refractivity contribution in [1.82, 2.24) is 5.32 Å². The van der Waals surface area contributed by atoms with E-state index in [1.165, 1.54) is 32.1 Å². The Morgan fingerprint density at radius 2 is 1.73 bits per heavy atom. The number of Topliss-reactive ketones (excluding diaryl/α,β-unsaturated/α-hetero) is 1. The maximum Gasteiger partial charge on any atom is 0.191 e. The third-order valence-corrected chi connectivity index (χ3v) is 5.76. The van der Waals surface area contributed by atoms with E-state index in [0.717, 1.165) is 26.7 Å². The first-order chi connectivity index (χ1) is 12.2. The minimum atomic E-state index is -0.0108. The number of hydrogen-bond donors (Lipinski definition) is 1. The number of rotatable bonds is 3. The average Bonchev–Trinajstić information content (AvgIpc) is 2.89. The highest BCUT2D eigenvalue weighted by Gasteiger charge is 2.35. The molecule has 0 amide bonds. The molecule has 1 unspecified atom stereocenters. The van der Waals surface area contributed by atoms with E-state index in [1.807, 2.05) is 30.3 Å². The van der Waals surface area contributed by atoms with Crippen molar-refractivity contribution in [1.29, 1.82) is 0 Å². The average molecular weight is 412 g/mol. The molecule has 1 saturated carbocycles. The van der Waals surface area contributed by atoms with Crippen molar-refractivity contribution < 1.29 is 4.79 Å². The van der Waals surface area contributed by atoms with Gasteiger partial charge in [-0.3, -0.25) is 4.79 Å². The highest BCUT2D eigenvalue weighted by atomic mass is 79.9. The van der Waals surface area contributed by atoms with Crippen molar-refractivity contribution in [2.45, 2.75) is 51.6 Å². The van der Waals surface area contributed by atoms with Gasteiger partial charge in [-0.25, -0.2) is 0 Å². The van der Waals surface area contributed by atoms with Crippen molar-refractivity contribution in [2.75, 3.05) is 0 Å². The first kappa shape index (κ1) is 19.1. The zero-order valence-electron chi connectivity index (χ0n) is 14.2. The Hall–Kier alpha value is -1.71. The summed E-state index contributed by atoms with van der Waals surface area (Å²) in [7, 11) is 0. The van der Waals surface area contributed by atoms with Gasteiger partial charge in [-0.2, -0.15) is 0 Å². The summed E-state index contributed by atoms with van der Waals surface area (Å²) in [6, 6.07) is 16.6. The molecule has 4 rings (SSSR count). The van der Waals surface area contributed by atoms with Gasteiger partial charge in [0.1, 0.15) is 0 Å². The maximum atomic E-state index is 13.0. The van der Waals surface area contributed by atoms with Crippen LogP contribution in [0.3, 0.4) is 0 Å². The molecule has 0 aromatic heterocycles. The molecular weight excluding hydrogens is 386 g/mol. The van der Waals surface area contributed by atoms with Gasteiger partial charge in [0.2, 0.25) is 0 Å². The highest BCUT2D eigenvalue weighted by Crippen LogP contribution is 2.39. The van der Waals surface area contributed by atoms with Gasteiger partial charge in [0.05, 0.1) is 6.04 Å². The number of halogens is 1. The molecule has 0 bridgehead atoms. The fourth-order valence-corrected chi connectivity index (χ4v) is 4.37. The van der Waals surface area contributed by atoms with Gasteiger partial charge >= 0.3 is 0 Å². The van der Waals surface area contributed by atoms with Gasteiger partial charge in [0, 0.05) is 21.7 Å². The van der Waals surface area contributed by atoms with Gasteiger partial charge in [-0.05, 0) is 48.2 Å². The quantitative estimate of drug-likeness (QED) is 0.597. The topological polar surface area (TPSA) is 29.1 Å². The lowest BCUT2D eigenvalue weighted by Crippen LogP contribution is -2.34. The van der Waals surface area contributed by atoms with Crippen LogP contribution < -0.4 is 5.32 Å². The molecule has 136 valence electrons. The van der Waals surface area contributed by atoms with Crippen molar-refractivity contribution in [3.05, 3.63) is 75.3 Å². The summed E-state index contributed by atoms with van der Waals surface area (Å²) in [6.07, 6.45) is 8.34. The summed E-state index contributed by atoms with van der Waals surface area (Å²) in [5, 5.41) is 3.79. The standard InChI is InChI=1S/C22H22BrNO.CH4/c23-16-11-12-18-19(14-16)21(24-17-9-5-2-6-10-17)20(22(18)25)13-15-7-3-1-4-8-15;/h1,3-4,7-8,11-14,17,21,24H,2,5-6,9-10H2;1H4/b20-13+;. The number of carbonyl (C=O) groups is 1. The molecule has 0 spiro atoms. The van der Waals surface area contributed by atoms with Crippen molar-refractivity contribution in [3.63, 3.8) is 0 Å². The molecular formula is C23H26BrNO. The Balaban J connectivity index is 0.00000196. The Labute approximate surface area is 164 Å². The molecule has 0 radical (unpaired) electrons. The zero-order chi connectivity index (χ0) is 17.2. The molecule has 0 aliphatic heterocycles. The van der Waals surface area contributed by atoms with E-state index in [-0.39, 0.29) is 19.3 Å². The van der Waals surface area contributed by atoms with E-state index in [9.17, 15) is 4.79 Å². The number of nitrogens with one attached hydrogen (secondary N) is 1. The summed E-state index contributed by atoms with van der Waals surface area (Å²) in [5.41, 5.74) is 3.88. The van der Waals surface area contributed by atoms with Crippen LogP contribution in [0.2, 0.25) is 0 Å². The second kappa shape index (κ2) is 8.32. The molecule has 1 N–H and O–H groups in total. The van der Waals surface area contributed by atoms with Crippen LogP contribution in [0.25, 0.3) is 6.08 Å². The molecule has 2 aromatic carbocycles. The fourth-order valence-electron chi connectivity index (χ4n) is 4.00. The molecule has 2 aliphatic carbocycles. The summed E-state index contributed by atoms with van der Waals surface area (Å²) in [5.74, 6) is 0.152. The molecule has 2 nitrogen and oxygen atoms in total. The third kappa shape index (κ3) is 3.84. The van der Waals surface area contributed by atoms with Gasteiger partial charge in [-0.15, -0.1) is 0 Å². The summed E-state index contributed by atoms with van der Waals surface area (Å²) < 4.78 is 1.02. The third-order valence-electron chi connectivity index (χ3n) is 5.27. The number of ketones is 1. The Kier molecular flexibility index (Phi) is 6.10. The Bertz CT molecular complexity index is 806. The van der Waals surface area contributed by atoms with E-state index < -0.39 is 0 Å². The first-order valence-electron chi connectivity index (χ1n) is 9.09. The number of benzene rings is 2. The maximum absolute atomic E-state index is 13.0. The van der Waals surface area contributed by atoms with Gasteiger partial charge in [0.15, 0.2) is 5.78 Å². The molecule has 2 aromatic rings. The van der Waals surface area contributed by atoms with Crippen molar-refractivity contribution in [3.8, 4) is 0 Å². The molecule has 26 heavy (non-hydrogen) atoms. The van der Waals surface area contributed by atoms with Crippen LogP contribution in [0.1, 0.15) is 67.1 Å². The predicted molar refractivity (Wildman–Crippen MR) is 112 cm³/mol. The molecule has 1 atom stereocenters. The monoisotopic (exact) mass is 411 g/mol. The molecule has 1 fully saturated rings. The van der Waals surface area contributed by atoms with Gasteiger partial charge in [0.25, 0.3) is 0 Å². The van der Waals surface area contributed by atoms with Crippen LogP contribution in [0.15, 0.2) is 58.6 Å². The second-order valence-corrected chi connectivity index (χ2v) is 7.92. The summed E-state index contributed by atoms with van der Waals surface area (Å²) in [4.78, 5) is 13.0. The van der Waals surface area contributed by atoms with E-state index in [1.54, 1.807) is 0 Å². The van der Waals surface area contributed by atoms with E-state index in [2.05, 4.69) is 45.5 Å². The van der Waals surface area contributed by atoms with Crippen molar-refractivity contribution in [2.24, 2.45) is 0 Å². The van der Waals surface area contributed by atoms with Crippen LogP contribution in [0, 0.1) is 0 Å². The van der Waals surface area contributed by atoms with Crippen LogP contribution in [0.5, 0.6) is 0 Å².